The van der Waals surface area contributed by atoms with Gasteiger partial charge in [-0.05, 0) is 105 Å². The van der Waals surface area contributed by atoms with Crippen LogP contribution in [0.4, 0.5) is 20.6 Å². The van der Waals surface area contributed by atoms with E-state index < -0.39 is 27.2 Å². The molecule has 0 aromatic heterocycles. The van der Waals surface area contributed by atoms with Crippen LogP contribution >= 0.6 is 0 Å². The van der Waals surface area contributed by atoms with Gasteiger partial charge in [-0.15, -0.1) is 0 Å². The number of hydrogen-bond acceptors (Lipinski definition) is 9. The Kier molecular flexibility index (Phi) is 12.6. The van der Waals surface area contributed by atoms with Crippen LogP contribution in [0.1, 0.15) is 37.7 Å². The maximum absolute atomic E-state index is 14.6. The lowest BCUT2D eigenvalue weighted by Crippen LogP contribution is -2.55. The van der Waals surface area contributed by atoms with Gasteiger partial charge in [0.2, 0.25) is 15.7 Å². The molecule has 1 unspecified atom stereocenters. The molecule has 3 aromatic rings. The van der Waals surface area contributed by atoms with Gasteiger partial charge in [0.15, 0.2) is 0 Å². The highest BCUT2D eigenvalue weighted by molar-refractivity contribution is 7.91. The number of piperidine rings is 1. The Morgan fingerprint density at radius 2 is 1.67 bits per heavy atom. The fraction of sp³-hybridized carbons (Fsp3) is 0.465. The van der Waals surface area contributed by atoms with Crippen LogP contribution in [-0.2, 0) is 24.8 Å². The highest BCUT2D eigenvalue weighted by Crippen LogP contribution is 2.50. The minimum Gasteiger partial charge on any atom is -0.465 e. The zero-order chi connectivity index (χ0) is 40.0. The number of amides is 2. The molecule has 4 fully saturated rings. The summed E-state index contributed by atoms with van der Waals surface area (Å²) < 4.78 is 47.1. The summed E-state index contributed by atoms with van der Waals surface area (Å²) in [5, 5.41) is 25.9. The standard InChI is InChI=1S/C43H51FN6O6S/c44-34-6-1-5-33(25-34)43(30-45,39-9-3-10-40(39)47-42(52)53)32-16-19-49(20-17-32)27-31-28-50(29-31)36-12-14-37(15-13-36)57(54,55)38-8-2-7-35(26-38)46-41(51)11-4-18-48-21-23-56-24-22-48/h1-2,4-8,11-15,25-26,31-32,39-40,47H,3,9-10,16-24,27-29H2,(H,46,51)(H,52,53)/b11-4+/t39-,40-,43?/m0/s1. The molecular weight excluding hydrogens is 748 g/mol. The molecule has 57 heavy (non-hydrogen) atoms. The van der Waals surface area contributed by atoms with Crippen molar-refractivity contribution in [3.05, 3.63) is 96.3 Å². The van der Waals surface area contributed by atoms with E-state index in [1.54, 1.807) is 36.4 Å². The first-order valence-corrected chi connectivity index (χ1v) is 21.4. The monoisotopic (exact) mass is 798 g/mol. The Hall–Kier alpha value is -4.81. The van der Waals surface area contributed by atoms with Crippen molar-refractivity contribution >= 4 is 33.2 Å². The normalized spacial score (nSPS) is 22.4. The second-order valence-electron chi connectivity index (χ2n) is 15.8. The Labute approximate surface area is 334 Å². The number of nitriles is 1. The zero-order valence-electron chi connectivity index (χ0n) is 32.1. The number of anilines is 2. The van der Waals surface area contributed by atoms with Crippen LogP contribution in [0.15, 0.2) is 94.7 Å². The lowest BCUT2D eigenvalue weighted by atomic mass is 9.59. The molecule has 4 aliphatic rings. The lowest BCUT2D eigenvalue weighted by Gasteiger charge is -2.48. The molecule has 3 aliphatic heterocycles. The van der Waals surface area contributed by atoms with E-state index in [0.717, 1.165) is 70.8 Å². The molecule has 2 amide bonds. The van der Waals surface area contributed by atoms with E-state index in [1.165, 1.54) is 30.3 Å². The zero-order valence-corrected chi connectivity index (χ0v) is 32.9. The molecule has 3 N–H and O–H groups in total. The number of likely N-dealkylation sites (tertiary alicyclic amines) is 1. The number of hydrogen-bond donors (Lipinski definition) is 3. The molecule has 14 heteroatoms. The van der Waals surface area contributed by atoms with Crippen molar-refractivity contribution in [2.45, 2.75) is 53.4 Å². The molecule has 7 rings (SSSR count). The van der Waals surface area contributed by atoms with Gasteiger partial charge in [-0.2, -0.15) is 5.26 Å². The van der Waals surface area contributed by atoms with Gasteiger partial charge in [-0.25, -0.2) is 17.6 Å². The van der Waals surface area contributed by atoms with Gasteiger partial charge < -0.3 is 30.3 Å². The van der Waals surface area contributed by atoms with Crippen LogP contribution in [0, 0.1) is 34.9 Å². The van der Waals surface area contributed by atoms with Crippen LogP contribution < -0.4 is 15.5 Å². The van der Waals surface area contributed by atoms with E-state index in [0.29, 0.717) is 49.8 Å². The highest BCUT2D eigenvalue weighted by atomic mass is 32.2. The van der Waals surface area contributed by atoms with Gasteiger partial charge in [0.25, 0.3) is 0 Å². The number of benzene rings is 3. The smallest absolute Gasteiger partial charge is 0.404 e. The van der Waals surface area contributed by atoms with Crippen molar-refractivity contribution in [3.8, 4) is 6.07 Å². The van der Waals surface area contributed by atoms with Crippen molar-refractivity contribution in [2.24, 2.45) is 17.8 Å². The number of morpholine rings is 1. The fourth-order valence-electron chi connectivity index (χ4n) is 9.40. The van der Waals surface area contributed by atoms with Gasteiger partial charge in [0.05, 0.1) is 34.5 Å². The summed E-state index contributed by atoms with van der Waals surface area (Å²) in [6, 6.07) is 21.8. The van der Waals surface area contributed by atoms with E-state index in [9.17, 15) is 32.8 Å². The van der Waals surface area contributed by atoms with E-state index in [4.69, 9.17) is 4.74 Å². The van der Waals surface area contributed by atoms with Crippen molar-refractivity contribution in [1.29, 1.82) is 5.26 Å². The van der Waals surface area contributed by atoms with Crippen LogP contribution in [0.25, 0.3) is 0 Å². The predicted molar refractivity (Wildman–Crippen MR) is 214 cm³/mol. The predicted octanol–water partition coefficient (Wildman–Crippen LogP) is 5.53. The summed E-state index contributed by atoms with van der Waals surface area (Å²) >= 11 is 0. The molecule has 0 bridgehead atoms. The molecule has 1 aliphatic carbocycles. The summed E-state index contributed by atoms with van der Waals surface area (Å²) in [6.45, 7) is 7.81. The molecule has 3 saturated heterocycles. The fourth-order valence-corrected chi connectivity index (χ4v) is 10.7. The number of halogens is 1. The second-order valence-corrected chi connectivity index (χ2v) is 17.7. The second kappa shape index (κ2) is 17.8. The maximum atomic E-state index is 14.6. The minimum atomic E-state index is -3.82. The van der Waals surface area contributed by atoms with Gasteiger partial charge in [-0.3, -0.25) is 9.69 Å². The topological polar surface area (TPSA) is 155 Å². The number of carbonyl (C=O) groups is 2. The van der Waals surface area contributed by atoms with Crippen LogP contribution in [0.2, 0.25) is 0 Å². The quantitative estimate of drug-likeness (QED) is 0.188. The molecule has 3 aromatic carbocycles. The Bertz CT molecular complexity index is 2070. The lowest BCUT2D eigenvalue weighted by molar-refractivity contribution is -0.111. The third-order valence-corrected chi connectivity index (χ3v) is 14.0. The van der Waals surface area contributed by atoms with Gasteiger partial charge in [0, 0.05) is 74.6 Å². The SMILES string of the molecule is N#CC(c1cccc(F)c1)(C1CCN(CC2CN(c3ccc(S(=O)(=O)c4cccc(NC(=O)/C=C/CN5CCOCC5)c4)cc3)C2)CC1)[C@H]1CCC[C@@H]1NC(=O)O. The number of nitrogens with one attached hydrogen (secondary N) is 2. The van der Waals surface area contributed by atoms with Gasteiger partial charge in [-0.1, -0.05) is 30.7 Å². The number of nitrogens with zero attached hydrogens (tertiary/aromatic N) is 4. The molecule has 302 valence electrons. The molecular formula is C43H51FN6O6S. The summed E-state index contributed by atoms with van der Waals surface area (Å²) in [5.41, 5.74) is 0.992. The summed E-state index contributed by atoms with van der Waals surface area (Å²) in [5.74, 6) is -0.572. The first-order valence-electron chi connectivity index (χ1n) is 19.9. The highest BCUT2D eigenvalue weighted by Gasteiger charge is 2.52. The van der Waals surface area contributed by atoms with E-state index >= 15 is 0 Å². The largest absolute Gasteiger partial charge is 0.465 e. The summed E-state index contributed by atoms with van der Waals surface area (Å²) in [4.78, 5) is 31.3. The minimum absolute atomic E-state index is 0.0384. The third-order valence-electron chi connectivity index (χ3n) is 12.3. The molecule has 12 nitrogen and oxygen atoms in total. The van der Waals surface area contributed by atoms with Crippen molar-refractivity contribution in [2.75, 3.05) is 75.8 Å². The number of carbonyl (C=O) groups excluding carboxylic acids is 1. The average molecular weight is 799 g/mol. The third kappa shape index (κ3) is 9.17. The number of rotatable bonds is 13. The Morgan fingerprint density at radius 1 is 0.930 bits per heavy atom. The summed E-state index contributed by atoms with van der Waals surface area (Å²) in [6.07, 6.45) is 5.86. The number of sulfone groups is 1. The van der Waals surface area contributed by atoms with Crippen molar-refractivity contribution < 1.29 is 32.2 Å². The van der Waals surface area contributed by atoms with Crippen LogP contribution in [-0.4, -0.2) is 107 Å². The van der Waals surface area contributed by atoms with E-state index in [2.05, 4.69) is 31.4 Å². The maximum Gasteiger partial charge on any atom is 0.404 e. The Morgan fingerprint density at radius 3 is 2.37 bits per heavy atom. The first-order chi connectivity index (χ1) is 27.5. The van der Waals surface area contributed by atoms with Crippen LogP contribution in [0.5, 0.6) is 0 Å². The average Bonchev–Trinajstić information content (AvgIpc) is 3.65. The molecule has 0 spiro atoms. The first kappa shape index (κ1) is 40.4. The van der Waals surface area contributed by atoms with E-state index in [-0.39, 0.29) is 33.6 Å². The van der Waals surface area contributed by atoms with Crippen LogP contribution in [0.3, 0.4) is 0 Å². The van der Waals surface area contributed by atoms with Gasteiger partial charge in [0.1, 0.15) is 5.82 Å². The molecule has 0 radical (unpaired) electrons. The Balaban J connectivity index is 0.916. The van der Waals surface area contributed by atoms with Crippen molar-refractivity contribution in [3.63, 3.8) is 0 Å². The number of carboxylic acid groups (broad SMARTS) is 1. The van der Waals surface area contributed by atoms with Gasteiger partial charge >= 0.3 is 6.09 Å². The summed E-state index contributed by atoms with van der Waals surface area (Å²) in [7, 11) is -3.82. The van der Waals surface area contributed by atoms with Crippen molar-refractivity contribution in [1.82, 2.24) is 15.1 Å². The van der Waals surface area contributed by atoms with E-state index in [1.807, 2.05) is 18.2 Å². The molecule has 1 saturated carbocycles. The molecule has 3 atom stereocenters. The number of ether oxygens (including phenoxy) is 1. The molecule has 3 heterocycles.